The van der Waals surface area contributed by atoms with E-state index in [-0.39, 0.29) is 18.3 Å². The fraction of sp³-hybridized carbons (Fsp3) is 0.381. The Hall–Kier alpha value is -2.16. The van der Waals surface area contributed by atoms with Crippen LogP contribution in [0.5, 0.6) is 0 Å². The van der Waals surface area contributed by atoms with Crippen molar-refractivity contribution in [3.05, 3.63) is 57.8 Å². The van der Waals surface area contributed by atoms with Crippen molar-refractivity contribution in [3.63, 3.8) is 0 Å². The monoisotopic (exact) mass is 372 g/mol. The van der Waals surface area contributed by atoms with Gasteiger partial charge in [-0.1, -0.05) is 30.0 Å². The SMILES string of the molecule is O=C(O)c1ccc(CCCC2C(C#Cc3ccccc3)C(O)C[C@H]2F)s1. The molecule has 1 saturated carbocycles. The zero-order valence-electron chi connectivity index (χ0n) is 14.3. The number of alkyl halides is 1. The van der Waals surface area contributed by atoms with Crippen LogP contribution in [0.15, 0.2) is 42.5 Å². The third-order valence-electron chi connectivity index (χ3n) is 4.80. The number of carbonyl (C=O) groups is 1. The molecule has 0 bridgehead atoms. The van der Waals surface area contributed by atoms with E-state index in [0.717, 1.165) is 23.3 Å². The van der Waals surface area contributed by atoms with E-state index >= 15 is 0 Å². The maximum absolute atomic E-state index is 14.3. The summed E-state index contributed by atoms with van der Waals surface area (Å²) in [6.07, 6.45) is 0.467. The highest BCUT2D eigenvalue weighted by Gasteiger charge is 2.41. The van der Waals surface area contributed by atoms with Gasteiger partial charge in [0.25, 0.3) is 0 Å². The highest BCUT2D eigenvalue weighted by Crippen LogP contribution is 2.38. The number of aryl methyl sites for hydroxylation is 1. The van der Waals surface area contributed by atoms with Gasteiger partial charge in [-0.15, -0.1) is 11.3 Å². The lowest BCUT2D eigenvalue weighted by atomic mass is 9.89. The van der Waals surface area contributed by atoms with Crippen LogP contribution in [0.2, 0.25) is 0 Å². The normalized spacial score (nSPS) is 24.8. The van der Waals surface area contributed by atoms with Crippen LogP contribution >= 0.6 is 11.3 Å². The van der Waals surface area contributed by atoms with Gasteiger partial charge in [0.2, 0.25) is 0 Å². The van der Waals surface area contributed by atoms with Crippen molar-refractivity contribution >= 4 is 17.3 Å². The molecule has 3 nitrogen and oxygen atoms in total. The van der Waals surface area contributed by atoms with Crippen LogP contribution in [-0.2, 0) is 6.42 Å². The second kappa shape index (κ2) is 8.48. The molecule has 0 aliphatic heterocycles. The summed E-state index contributed by atoms with van der Waals surface area (Å²) in [7, 11) is 0. The second-order valence-corrected chi connectivity index (χ2v) is 7.78. The van der Waals surface area contributed by atoms with Crippen LogP contribution in [0.1, 0.15) is 39.4 Å². The van der Waals surface area contributed by atoms with Gasteiger partial charge in [-0.2, -0.15) is 0 Å². The molecule has 5 heteroatoms. The first-order valence-electron chi connectivity index (χ1n) is 8.75. The van der Waals surface area contributed by atoms with Crippen molar-refractivity contribution in [2.75, 3.05) is 0 Å². The molecular formula is C21H21FO3S. The van der Waals surface area contributed by atoms with Gasteiger partial charge in [0.05, 0.1) is 12.0 Å². The third kappa shape index (κ3) is 4.51. The largest absolute Gasteiger partial charge is 0.477 e. The Morgan fingerprint density at radius 2 is 2.00 bits per heavy atom. The molecule has 1 heterocycles. The molecule has 1 aliphatic rings. The van der Waals surface area contributed by atoms with Crippen molar-refractivity contribution in [1.82, 2.24) is 0 Å². The minimum absolute atomic E-state index is 0.140. The summed E-state index contributed by atoms with van der Waals surface area (Å²) in [6.45, 7) is 0. The first-order chi connectivity index (χ1) is 12.5. The molecule has 136 valence electrons. The average Bonchev–Trinajstić information content (AvgIpc) is 3.19. The van der Waals surface area contributed by atoms with E-state index in [4.69, 9.17) is 5.11 Å². The van der Waals surface area contributed by atoms with E-state index in [9.17, 15) is 14.3 Å². The number of rotatable bonds is 5. The predicted octanol–water partition coefficient (Wildman–Crippen LogP) is 4.16. The average molecular weight is 372 g/mol. The predicted molar refractivity (Wildman–Crippen MR) is 100 cm³/mol. The lowest BCUT2D eigenvalue weighted by Gasteiger charge is -2.17. The molecule has 3 rings (SSSR count). The quantitative estimate of drug-likeness (QED) is 0.775. The van der Waals surface area contributed by atoms with E-state index in [0.29, 0.717) is 11.3 Å². The summed E-state index contributed by atoms with van der Waals surface area (Å²) in [5.74, 6) is 4.58. The highest BCUT2D eigenvalue weighted by atomic mass is 32.1. The molecule has 2 aromatic rings. The van der Waals surface area contributed by atoms with Crippen molar-refractivity contribution in [1.29, 1.82) is 0 Å². The summed E-state index contributed by atoms with van der Waals surface area (Å²) in [6, 6.07) is 12.9. The van der Waals surface area contributed by atoms with Gasteiger partial charge in [0, 0.05) is 22.8 Å². The molecule has 0 saturated heterocycles. The molecule has 0 spiro atoms. The molecule has 1 aromatic carbocycles. The summed E-state index contributed by atoms with van der Waals surface area (Å²) in [5, 5.41) is 19.1. The summed E-state index contributed by atoms with van der Waals surface area (Å²) < 4.78 is 14.3. The fourth-order valence-electron chi connectivity index (χ4n) is 3.45. The number of halogens is 1. The fourth-order valence-corrected chi connectivity index (χ4v) is 4.34. The number of benzene rings is 1. The standard InChI is InChI=1S/C21H21FO3S/c22-18-13-19(23)17(11-9-14-5-2-1-3-6-14)16(18)8-4-7-15-10-12-20(26-15)21(24)25/h1-3,5-6,10,12,16-19,23H,4,7-8,13H2,(H,24,25)/t16?,17?,18-,19?/m1/s1. The van der Waals surface area contributed by atoms with Gasteiger partial charge < -0.3 is 10.2 Å². The summed E-state index contributed by atoms with van der Waals surface area (Å²) >= 11 is 1.26. The number of hydrogen-bond acceptors (Lipinski definition) is 3. The second-order valence-electron chi connectivity index (χ2n) is 6.61. The Kier molecular flexibility index (Phi) is 6.08. The lowest BCUT2D eigenvalue weighted by Crippen LogP contribution is -2.19. The summed E-state index contributed by atoms with van der Waals surface area (Å²) in [4.78, 5) is 12.2. The molecule has 1 fully saturated rings. The van der Waals surface area contributed by atoms with Gasteiger partial charge in [-0.25, -0.2) is 9.18 Å². The van der Waals surface area contributed by atoms with Crippen LogP contribution in [-0.4, -0.2) is 28.5 Å². The van der Waals surface area contributed by atoms with Crippen molar-refractivity contribution in [2.24, 2.45) is 11.8 Å². The number of carboxylic acid groups (broad SMARTS) is 1. The zero-order valence-corrected chi connectivity index (χ0v) is 15.1. The molecule has 0 radical (unpaired) electrons. The Bertz CT molecular complexity index is 805. The minimum Gasteiger partial charge on any atom is -0.477 e. The number of aliphatic hydroxyl groups is 1. The van der Waals surface area contributed by atoms with Gasteiger partial charge in [-0.3, -0.25) is 0 Å². The van der Waals surface area contributed by atoms with Crippen LogP contribution in [0.25, 0.3) is 0 Å². The van der Waals surface area contributed by atoms with E-state index in [1.807, 2.05) is 36.4 Å². The number of aromatic carboxylic acids is 1. The third-order valence-corrected chi connectivity index (χ3v) is 5.93. The van der Waals surface area contributed by atoms with E-state index in [2.05, 4.69) is 11.8 Å². The number of hydrogen-bond donors (Lipinski definition) is 2. The Morgan fingerprint density at radius 1 is 1.23 bits per heavy atom. The van der Waals surface area contributed by atoms with Gasteiger partial charge >= 0.3 is 5.97 Å². The van der Waals surface area contributed by atoms with Crippen molar-refractivity contribution in [3.8, 4) is 11.8 Å². The molecule has 26 heavy (non-hydrogen) atoms. The Labute approximate surface area is 156 Å². The van der Waals surface area contributed by atoms with Crippen molar-refractivity contribution < 1.29 is 19.4 Å². The maximum atomic E-state index is 14.3. The molecule has 1 aromatic heterocycles. The molecular weight excluding hydrogens is 351 g/mol. The first kappa shape index (κ1) is 18.6. The van der Waals surface area contributed by atoms with E-state index in [1.54, 1.807) is 6.07 Å². The molecule has 3 unspecified atom stereocenters. The number of thiophene rings is 1. The Balaban J connectivity index is 1.61. The molecule has 4 atom stereocenters. The maximum Gasteiger partial charge on any atom is 0.345 e. The van der Waals surface area contributed by atoms with Crippen LogP contribution in [0, 0.1) is 23.7 Å². The van der Waals surface area contributed by atoms with Crippen LogP contribution < -0.4 is 0 Å². The lowest BCUT2D eigenvalue weighted by molar-refractivity contribution is 0.0702. The van der Waals surface area contributed by atoms with Gasteiger partial charge in [0.1, 0.15) is 11.0 Å². The highest BCUT2D eigenvalue weighted by molar-refractivity contribution is 7.13. The minimum atomic E-state index is -1.04. The van der Waals surface area contributed by atoms with E-state index in [1.165, 1.54) is 11.3 Å². The number of carboxylic acids is 1. The van der Waals surface area contributed by atoms with Crippen molar-refractivity contribution in [2.45, 2.75) is 38.0 Å². The molecule has 1 aliphatic carbocycles. The Morgan fingerprint density at radius 3 is 2.69 bits per heavy atom. The van der Waals surface area contributed by atoms with Gasteiger partial charge in [-0.05, 0) is 43.5 Å². The van der Waals surface area contributed by atoms with Crippen LogP contribution in [0.3, 0.4) is 0 Å². The molecule has 0 amide bonds. The summed E-state index contributed by atoms with van der Waals surface area (Å²) in [5.41, 5.74) is 0.862. The van der Waals surface area contributed by atoms with E-state index < -0.39 is 18.2 Å². The number of aliphatic hydroxyl groups excluding tert-OH is 1. The topological polar surface area (TPSA) is 57.5 Å². The van der Waals surface area contributed by atoms with Crippen LogP contribution in [0.4, 0.5) is 4.39 Å². The smallest absolute Gasteiger partial charge is 0.345 e. The first-order valence-corrected chi connectivity index (χ1v) is 9.57. The van der Waals surface area contributed by atoms with Gasteiger partial charge in [0.15, 0.2) is 0 Å². The zero-order chi connectivity index (χ0) is 18.5. The molecule has 2 N–H and O–H groups in total.